The van der Waals surface area contributed by atoms with Gasteiger partial charge >= 0.3 is 0 Å². The highest BCUT2D eigenvalue weighted by molar-refractivity contribution is 5.79. The quantitative estimate of drug-likeness (QED) is 0.722. The Hall–Kier alpha value is -2.06. The summed E-state index contributed by atoms with van der Waals surface area (Å²) in [6, 6.07) is 14.4. The Morgan fingerprint density at radius 1 is 1.00 bits per heavy atom. The molecule has 2 nitrogen and oxygen atoms in total. The minimum atomic E-state index is -0.992. The van der Waals surface area contributed by atoms with Crippen molar-refractivity contribution in [1.82, 2.24) is 0 Å². The lowest BCUT2D eigenvalue weighted by molar-refractivity contribution is 0.0604. The standard InChI is InChI=1S/C19H18O2/c1-12-4-6-17-15(9-12)11-18(21-17)19(20)8-7-14-5-3-13(2)10-16(14)19/h3-6,9-11,20H,7-8H2,1-2H3. The smallest absolute Gasteiger partial charge is 0.148 e. The van der Waals surface area contributed by atoms with Gasteiger partial charge in [0.15, 0.2) is 0 Å². The topological polar surface area (TPSA) is 33.4 Å². The molecule has 1 aromatic heterocycles. The summed E-state index contributed by atoms with van der Waals surface area (Å²) in [6.07, 6.45) is 1.58. The van der Waals surface area contributed by atoms with Gasteiger partial charge in [-0.25, -0.2) is 0 Å². The third-order valence-electron chi connectivity index (χ3n) is 4.55. The van der Waals surface area contributed by atoms with Crippen LogP contribution in [0.1, 0.15) is 34.4 Å². The van der Waals surface area contributed by atoms with E-state index < -0.39 is 5.60 Å². The monoisotopic (exact) mass is 278 g/mol. The van der Waals surface area contributed by atoms with Crippen LogP contribution in [-0.2, 0) is 12.0 Å². The van der Waals surface area contributed by atoms with Gasteiger partial charge in [0.25, 0.3) is 0 Å². The fourth-order valence-corrected chi connectivity index (χ4v) is 3.37. The van der Waals surface area contributed by atoms with Crippen LogP contribution in [0, 0.1) is 13.8 Å². The zero-order chi connectivity index (χ0) is 14.6. The first kappa shape index (κ1) is 12.7. The van der Waals surface area contributed by atoms with Crippen molar-refractivity contribution in [3.63, 3.8) is 0 Å². The van der Waals surface area contributed by atoms with Crippen molar-refractivity contribution >= 4 is 11.0 Å². The Labute approximate surface area is 124 Å². The number of hydrogen-bond acceptors (Lipinski definition) is 2. The van der Waals surface area contributed by atoms with Crippen molar-refractivity contribution in [3.8, 4) is 0 Å². The number of aryl methyl sites for hydroxylation is 3. The highest BCUT2D eigenvalue weighted by atomic mass is 16.4. The van der Waals surface area contributed by atoms with Gasteiger partial charge in [-0.3, -0.25) is 0 Å². The fraction of sp³-hybridized carbons (Fsp3) is 0.263. The average Bonchev–Trinajstić information content (AvgIpc) is 3.02. The number of hydrogen-bond donors (Lipinski definition) is 1. The molecule has 0 saturated carbocycles. The SMILES string of the molecule is Cc1ccc2c(c1)C(O)(c1cc3cc(C)ccc3o1)CC2. The van der Waals surface area contributed by atoms with Crippen molar-refractivity contribution in [3.05, 3.63) is 70.5 Å². The molecule has 0 radical (unpaired) electrons. The molecule has 2 aromatic carbocycles. The van der Waals surface area contributed by atoms with Gasteiger partial charge in [0.2, 0.25) is 0 Å². The highest BCUT2D eigenvalue weighted by Crippen LogP contribution is 2.44. The van der Waals surface area contributed by atoms with Crippen molar-refractivity contribution in [1.29, 1.82) is 0 Å². The van der Waals surface area contributed by atoms with Gasteiger partial charge in [-0.05, 0) is 56.0 Å². The zero-order valence-electron chi connectivity index (χ0n) is 12.3. The van der Waals surface area contributed by atoms with E-state index in [9.17, 15) is 5.11 Å². The Morgan fingerprint density at radius 2 is 1.76 bits per heavy atom. The van der Waals surface area contributed by atoms with E-state index in [0.29, 0.717) is 12.2 Å². The predicted molar refractivity (Wildman–Crippen MR) is 83.4 cm³/mol. The maximum atomic E-state index is 11.2. The van der Waals surface area contributed by atoms with Crippen LogP contribution in [0.4, 0.5) is 0 Å². The first-order valence-electron chi connectivity index (χ1n) is 7.39. The molecule has 21 heavy (non-hydrogen) atoms. The number of fused-ring (bicyclic) bond motifs is 2. The molecule has 0 aliphatic heterocycles. The highest BCUT2D eigenvalue weighted by Gasteiger charge is 2.41. The first-order valence-corrected chi connectivity index (χ1v) is 7.39. The Bertz CT molecular complexity index is 844. The molecule has 106 valence electrons. The summed E-state index contributed by atoms with van der Waals surface area (Å²) >= 11 is 0. The van der Waals surface area contributed by atoms with Crippen LogP contribution < -0.4 is 0 Å². The van der Waals surface area contributed by atoms with Gasteiger partial charge in [-0.15, -0.1) is 0 Å². The molecule has 1 aliphatic carbocycles. The van der Waals surface area contributed by atoms with Crippen molar-refractivity contribution in [2.75, 3.05) is 0 Å². The summed E-state index contributed by atoms with van der Waals surface area (Å²) in [5.41, 5.74) is 4.43. The second-order valence-electron chi connectivity index (χ2n) is 6.17. The molecule has 0 spiro atoms. The molecule has 1 aliphatic rings. The normalized spacial score (nSPS) is 20.9. The fourth-order valence-electron chi connectivity index (χ4n) is 3.37. The molecule has 4 rings (SSSR count). The Balaban J connectivity index is 1.91. The second-order valence-corrected chi connectivity index (χ2v) is 6.17. The summed E-state index contributed by atoms with van der Waals surface area (Å²) in [5, 5.41) is 12.3. The summed E-state index contributed by atoms with van der Waals surface area (Å²) in [5.74, 6) is 0.660. The molecule has 0 bridgehead atoms. The van der Waals surface area contributed by atoms with Crippen LogP contribution in [0.3, 0.4) is 0 Å². The minimum Gasteiger partial charge on any atom is -0.458 e. The summed E-state index contributed by atoms with van der Waals surface area (Å²) in [6.45, 7) is 4.12. The average molecular weight is 278 g/mol. The summed E-state index contributed by atoms with van der Waals surface area (Å²) in [7, 11) is 0. The Kier molecular flexibility index (Phi) is 2.54. The third-order valence-corrected chi connectivity index (χ3v) is 4.55. The van der Waals surface area contributed by atoms with Crippen molar-refractivity contribution < 1.29 is 9.52 Å². The zero-order valence-corrected chi connectivity index (χ0v) is 12.3. The van der Waals surface area contributed by atoms with Gasteiger partial charge in [0, 0.05) is 5.39 Å². The van der Waals surface area contributed by atoms with E-state index in [-0.39, 0.29) is 0 Å². The van der Waals surface area contributed by atoms with E-state index in [1.807, 2.05) is 18.2 Å². The van der Waals surface area contributed by atoms with Crippen LogP contribution in [0.25, 0.3) is 11.0 Å². The maximum absolute atomic E-state index is 11.2. The molecule has 2 heteroatoms. The third kappa shape index (κ3) is 1.83. The van der Waals surface area contributed by atoms with E-state index in [2.05, 4.69) is 38.1 Å². The molecule has 0 amide bonds. The van der Waals surface area contributed by atoms with E-state index in [0.717, 1.165) is 23.0 Å². The number of rotatable bonds is 1. The van der Waals surface area contributed by atoms with Gasteiger partial charge in [0.05, 0.1) is 0 Å². The molecule has 1 unspecified atom stereocenters. The lowest BCUT2D eigenvalue weighted by atomic mass is 9.92. The van der Waals surface area contributed by atoms with Crippen LogP contribution >= 0.6 is 0 Å². The molecule has 1 N–H and O–H groups in total. The lowest BCUT2D eigenvalue weighted by Gasteiger charge is -2.21. The molecular weight excluding hydrogens is 260 g/mol. The summed E-state index contributed by atoms with van der Waals surface area (Å²) < 4.78 is 5.96. The van der Waals surface area contributed by atoms with Crippen molar-refractivity contribution in [2.45, 2.75) is 32.3 Å². The Morgan fingerprint density at radius 3 is 2.62 bits per heavy atom. The molecule has 0 saturated heterocycles. The van der Waals surface area contributed by atoms with Gasteiger partial charge in [-0.2, -0.15) is 0 Å². The predicted octanol–water partition coefficient (Wildman–Crippen LogP) is 4.23. The number of furan rings is 1. The number of benzene rings is 2. The molecule has 1 atom stereocenters. The second kappa shape index (κ2) is 4.22. The van der Waals surface area contributed by atoms with Crippen LogP contribution in [0.15, 0.2) is 46.9 Å². The molecular formula is C19H18O2. The largest absolute Gasteiger partial charge is 0.458 e. The van der Waals surface area contributed by atoms with E-state index in [1.165, 1.54) is 16.7 Å². The van der Waals surface area contributed by atoms with Gasteiger partial charge in [0.1, 0.15) is 16.9 Å². The maximum Gasteiger partial charge on any atom is 0.148 e. The van der Waals surface area contributed by atoms with Crippen LogP contribution in [-0.4, -0.2) is 5.11 Å². The molecule has 3 aromatic rings. The first-order chi connectivity index (χ1) is 10.1. The minimum absolute atomic E-state index is 0.660. The van der Waals surface area contributed by atoms with E-state index >= 15 is 0 Å². The van der Waals surface area contributed by atoms with E-state index in [1.54, 1.807) is 0 Å². The van der Waals surface area contributed by atoms with E-state index in [4.69, 9.17) is 4.42 Å². The summed E-state index contributed by atoms with van der Waals surface area (Å²) in [4.78, 5) is 0. The van der Waals surface area contributed by atoms with Crippen LogP contribution in [0.5, 0.6) is 0 Å². The van der Waals surface area contributed by atoms with Crippen molar-refractivity contribution in [2.24, 2.45) is 0 Å². The van der Waals surface area contributed by atoms with Crippen LogP contribution in [0.2, 0.25) is 0 Å². The lowest BCUT2D eigenvalue weighted by Crippen LogP contribution is -2.23. The van der Waals surface area contributed by atoms with Gasteiger partial charge < -0.3 is 9.52 Å². The van der Waals surface area contributed by atoms with Gasteiger partial charge in [-0.1, -0.05) is 35.4 Å². The molecule has 1 heterocycles. The molecule has 0 fully saturated rings. The number of aliphatic hydroxyl groups is 1.